The predicted molar refractivity (Wildman–Crippen MR) is 62.9 cm³/mol. The summed E-state index contributed by atoms with van der Waals surface area (Å²) in [6.45, 7) is 2.82. The van der Waals surface area contributed by atoms with E-state index in [9.17, 15) is 4.79 Å². The number of anilines is 1. The highest BCUT2D eigenvalue weighted by Gasteiger charge is 2.16. The lowest BCUT2D eigenvalue weighted by molar-refractivity contribution is -0.136. The third-order valence-corrected chi connectivity index (χ3v) is 2.59. The molecule has 2 rings (SSSR count). The van der Waals surface area contributed by atoms with Crippen molar-refractivity contribution < 1.29 is 9.90 Å². The van der Waals surface area contributed by atoms with Gasteiger partial charge < -0.3 is 5.11 Å². The van der Waals surface area contributed by atoms with E-state index in [0.717, 1.165) is 29.9 Å². The van der Waals surface area contributed by atoms with Gasteiger partial charge in [-0.1, -0.05) is 18.2 Å². The lowest BCUT2D eigenvalue weighted by atomic mass is 10.1. The number of carboxylic acid groups (broad SMARTS) is 1. The van der Waals surface area contributed by atoms with Crippen molar-refractivity contribution >= 4 is 17.4 Å². The van der Waals surface area contributed by atoms with Crippen molar-refractivity contribution in [2.24, 2.45) is 5.10 Å². The summed E-state index contributed by atoms with van der Waals surface area (Å²) >= 11 is 0. The van der Waals surface area contributed by atoms with Crippen LogP contribution in [0.4, 0.5) is 5.69 Å². The molecule has 1 aliphatic heterocycles. The first kappa shape index (κ1) is 10.7. The van der Waals surface area contributed by atoms with Crippen molar-refractivity contribution in [3.63, 3.8) is 0 Å². The molecule has 4 heteroatoms. The molecule has 0 fully saturated rings. The number of benzene rings is 1. The van der Waals surface area contributed by atoms with Gasteiger partial charge in [0.05, 0.1) is 12.1 Å². The fourth-order valence-electron chi connectivity index (χ4n) is 1.82. The molecule has 1 aromatic carbocycles. The lowest BCUT2D eigenvalue weighted by Crippen LogP contribution is -2.15. The molecule has 0 unspecified atom stereocenters. The molecule has 0 saturated heterocycles. The zero-order chi connectivity index (χ0) is 11.5. The number of para-hydroxylation sites is 1. The Morgan fingerprint density at radius 3 is 2.88 bits per heavy atom. The number of nitrogens with zero attached hydrogens (tertiary/aromatic N) is 2. The van der Waals surface area contributed by atoms with Crippen molar-refractivity contribution in [1.82, 2.24) is 0 Å². The van der Waals surface area contributed by atoms with Crippen LogP contribution in [-0.4, -0.2) is 23.3 Å². The van der Waals surface area contributed by atoms with E-state index in [1.165, 1.54) is 0 Å². The smallest absolute Gasteiger partial charge is 0.307 e. The van der Waals surface area contributed by atoms with Crippen molar-refractivity contribution in [3.8, 4) is 0 Å². The van der Waals surface area contributed by atoms with E-state index in [4.69, 9.17) is 5.11 Å². The van der Waals surface area contributed by atoms with Crippen LogP contribution in [-0.2, 0) is 11.2 Å². The SMILES string of the molecule is CC1=NN(c2ccccc2CC(=O)O)CC1. The predicted octanol–water partition coefficient (Wildman–Crippen LogP) is 1.90. The highest BCUT2D eigenvalue weighted by molar-refractivity contribution is 5.86. The topological polar surface area (TPSA) is 52.9 Å². The Hall–Kier alpha value is -1.84. The van der Waals surface area contributed by atoms with Gasteiger partial charge in [0.2, 0.25) is 0 Å². The van der Waals surface area contributed by atoms with Gasteiger partial charge in [0.25, 0.3) is 0 Å². The quantitative estimate of drug-likeness (QED) is 0.843. The number of hydrogen-bond donors (Lipinski definition) is 1. The third-order valence-electron chi connectivity index (χ3n) is 2.59. The average Bonchev–Trinajstić information content (AvgIpc) is 2.65. The van der Waals surface area contributed by atoms with Gasteiger partial charge >= 0.3 is 5.97 Å². The second-order valence-electron chi connectivity index (χ2n) is 3.91. The zero-order valence-electron chi connectivity index (χ0n) is 9.18. The molecule has 16 heavy (non-hydrogen) atoms. The van der Waals surface area contributed by atoms with Crippen LogP contribution in [0, 0.1) is 0 Å². The fraction of sp³-hybridized carbons (Fsp3) is 0.333. The van der Waals surface area contributed by atoms with E-state index < -0.39 is 5.97 Å². The number of rotatable bonds is 3. The molecule has 0 atom stereocenters. The molecule has 1 heterocycles. The van der Waals surface area contributed by atoms with Crippen molar-refractivity contribution in [2.45, 2.75) is 19.8 Å². The molecular weight excluding hydrogens is 204 g/mol. The van der Waals surface area contributed by atoms with Gasteiger partial charge in [0.1, 0.15) is 0 Å². The number of aliphatic carboxylic acids is 1. The van der Waals surface area contributed by atoms with Crippen molar-refractivity contribution in [3.05, 3.63) is 29.8 Å². The maximum Gasteiger partial charge on any atom is 0.307 e. The number of carbonyl (C=O) groups is 1. The molecule has 1 aromatic rings. The second kappa shape index (κ2) is 4.35. The molecule has 84 valence electrons. The maximum absolute atomic E-state index is 10.7. The Morgan fingerprint density at radius 2 is 2.25 bits per heavy atom. The van der Waals surface area contributed by atoms with Crippen molar-refractivity contribution in [2.75, 3.05) is 11.6 Å². The van der Waals surface area contributed by atoms with Gasteiger partial charge in [-0.25, -0.2) is 0 Å². The molecule has 0 radical (unpaired) electrons. The van der Waals surface area contributed by atoms with Crippen LogP contribution in [0.25, 0.3) is 0 Å². The van der Waals surface area contributed by atoms with E-state index in [1.807, 2.05) is 36.2 Å². The van der Waals surface area contributed by atoms with Crippen LogP contribution in [0.2, 0.25) is 0 Å². The molecular formula is C12H14N2O2. The van der Waals surface area contributed by atoms with Gasteiger partial charge in [0.15, 0.2) is 0 Å². The van der Waals surface area contributed by atoms with E-state index >= 15 is 0 Å². The number of hydrogen-bond acceptors (Lipinski definition) is 3. The molecule has 0 aromatic heterocycles. The zero-order valence-corrected chi connectivity index (χ0v) is 9.18. The minimum atomic E-state index is -0.813. The van der Waals surface area contributed by atoms with Crippen LogP contribution in [0.3, 0.4) is 0 Å². The number of hydrazone groups is 1. The Balaban J connectivity index is 2.29. The number of carboxylic acids is 1. The summed E-state index contributed by atoms with van der Waals surface area (Å²) in [5.41, 5.74) is 2.81. The van der Waals surface area contributed by atoms with Crippen molar-refractivity contribution in [1.29, 1.82) is 0 Å². The summed E-state index contributed by atoms with van der Waals surface area (Å²) < 4.78 is 0. The maximum atomic E-state index is 10.7. The minimum absolute atomic E-state index is 0.0429. The molecule has 0 bridgehead atoms. The van der Waals surface area contributed by atoms with Crippen LogP contribution in [0.15, 0.2) is 29.4 Å². The van der Waals surface area contributed by atoms with Gasteiger partial charge in [0, 0.05) is 18.7 Å². The molecule has 0 aliphatic carbocycles. The summed E-state index contributed by atoms with van der Waals surface area (Å²) in [5, 5.41) is 15.1. The van der Waals surface area contributed by atoms with Crippen LogP contribution >= 0.6 is 0 Å². The molecule has 1 N–H and O–H groups in total. The first-order valence-corrected chi connectivity index (χ1v) is 5.28. The van der Waals surface area contributed by atoms with E-state index in [-0.39, 0.29) is 6.42 Å². The molecule has 0 amide bonds. The summed E-state index contributed by atoms with van der Waals surface area (Å²) in [6, 6.07) is 7.52. The Morgan fingerprint density at radius 1 is 1.50 bits per heavy atom. The van der Waals surface area contributed by atoms with Gasteiger partial charge in [-0.05, 0) is 18.6 Å². The normalized spacial score (nSPS) is 15.1. The summed E-state index contributed by atoms with van der Waals surface area (Å²) in [5.74, 6) is -0.813. The Labute approximate surface area is 94.2 Å². The first-order valence-electron chi connectivity index (χ1n) is 5.28. The molecule has 4 nitrogen and oxygen atoms in total. The van der Waals surface area contributed by atoms with Gasteiger partial charge in [-0.15, -0.1) is 0 Å². The lowest BCUT2D eigenvalue weighted by Gasteiger charge is -2.17. The highest BCUT2D eigenvalue weighted by atomic mass is 16.4. The van der Waals surface area contributed by atoms with Crippen LogP contribution in [0.5, 0.6) is 0 Å². The van der Waals surface area contributed by atoms with E-state index in [0.29, 0.717) is 0 Å². The highest BCUT2D eigenvalue weighted by Crippen LogP contribution is 2.24. The third kappa shape index (κ3) is 2.21. The standard InChI is InChI=1S/C12H14N2O2/c1-9-6-7-14(13-9)11-5-3-2-4-10(11)8-12(15)16/h2-5H,6-8H2,1H3,(H,15,16). The molecule has 0 spiro atoms. The minimum Gasteiger partial charge on any atom is -0.481 e. The monoisotopic (exact) mass is 218 g/mol. The summed E-state index contributed by atoms with van der Waals surface area (Å²) in [4.78, 5) is 10.7. The van der Waals surface area contributed by atoms with E-state index in [2.05, 4.69) is 5.10 Å². The first-order chi connectivity index (χ1) is 7.66. The van der Waals surface area contributed by atoms with Gasteiger partial charge in [-0.3, -0.25) is 9.80 Å². The fourth-order valence-corrected chi connectivity index (χ4v) is 1.82. The van der Waals surface area contributed by atoms with Gasteiger partial charge in [-0.2, -0.15) is 5.10 Å². The Bertz CT molecular complexity index is 440. The largest absolute Gasteiger partial charge is 0.481 e. The molecule has 0 saturated carbocycles. The molecule has 1 aliphatic rings. The van der Waals surface area contributed by atoms with Crippen LogP contribution < -0.4 is 5.01 Å². The Kier molecular flexibility index (Phi) is 2.90. The van der Waals surface area contributed by atoms with E-state index in [1.54, 1.807) is 0 Å². The average molecular weight is 218 g/mol. The van der Waals surface area contributed by atoms with Crippen LogP contribution in [0.1, 0.15) is 18.9 Å². The second-order valence-corrected chi connectivity index (χ2v) is 3.91. The summed E-state index contributed by atoms with van der Waals surface area (Å²) in [6.07, 6.45) is 0.989. The summed E-state index contributed by atoms with van der Waals surface area (Å²) in [7, 11) is 0.